The molecule has 1 aromatic carbocycles. The molecular formula is C21H33N5. The molecule has 26 heavy (non-hydrogen) atoms. The normalized spacial score (nSPS) is 25.5. The second-order valence-electron chi connectivity index (χ2n) is 8.36. The monoisotopic (exact) mass is 355 g/mol. The summed E-state index contributed by atoms with van der Waals surface area (Å²) in [7, 11) is 0. The first-order valence-electron chi connectivity index (χ1n) is 10.3. The largest absolute Gasteiger partial charge is 0.327 e. The fourth-order valence-electron chi connectivity index (χ4n) is 4.67. The number of fused-ring (bicyclic) bond motifs is 1. The molecule has 0 aliphatic carbocycles. The maximum absolute atomic E-state index is 4.90. The standard InChI is InChI=1S/C21H33N5/c1-4-26-20-8-6-5-7-17(20)22-21(26)14-25-11-9-16(10-12-25)19-13-18(15(2)3)23-24-19/h5-8,15-16,18-19,23-24H,4,9-14H2,1-3H3. The third kappa shape index (κ3) is 3.53. The van der Waals surface area contributed by atoms with Crippen LogP contribution in [-0.2, 0) is 13.1 Å². The van der Waals surface area contributed by atoms with Crippen molar-refractivity contribution in [1.29, 1.82) is 0 Å². The molecular weight excluding hydrogens is 322 g/mol. The molecule has 1 aromatic heterocycles. The van der Waals surface area contributed by atoms with Gasteiger partial charge in [-0.25, -0.2) is 4.98 Å². The second-order valence-corrected chi connectivity index (χ2v) is 8.36. The van der Waals surface area contributed by atoms with Crippen molar-refractivity contribution in [1.82, 2.24) is 25.3 Å². The fraction of sp³-hybridized carbons (Fsp3) is 0.667. The van der Waals surface area contributed by atoms with Crippen molar-refractivity contribution >= 4 is 11.0 Å². The number of imidazole rings is 1. The average Bonchev–Trinajstić information content (AvgIpc) is 3.27. The van der Waals surface area contributed by atoms with E-state index in [0.29, 0.717) is 18.0 Å². The molecule has 0 bridgehead atoms. The highest BCUT2D eigenvalue weighted by Gasteiger charge is 2.33. The minimum atomic E-state index is 0.627. The van der Waals surface area contributed by atoms with Crippen LogP contribution in [0.1, 0.15) is 45.9 Å². The molecule has 5 nitrogen and oxygen atoms in total. The van der Waals surface area contributed by atoms with Gasteiger partial charge in [-0.15, -0.1) is 0 Å². The molecule has 3 heterocycles. The Kier molecular flexibility index (Phi) is 5.30. The van der Waals surface area contributed by atoms with Crippen LogP contribution >= 0.6 is 0 Å². The predicted octanol–water partition coefficient (Wildman–Crippen LogP) is 3.16. The zero-order chi connectivity index (χ0) is 18.1. The van der Waals surface area contributed by atoms with Gasteiger partial charge in [0.15, 0.2) is 0 Å². The van der Waals surface area contributed by atoms with E-state index in [2.05, 4.69) is 65.4 Å². The summed E-state index contributed by atoms with van der Waals surface area (Å²) in [4.78, 5) is 7.49. The first-order chi connectivity index (χ1) is 12.7. The second kappa shape index (κ2) is 7.67. The molecule has 2 aliphatic rings. The minimum Gasteiger partial charge on any atom is -0.327 e. The number of aromatic nitrogens is 2. The van der Waals surface area contributed by atoms with E-state index in [-0.39, 0.29) is 0 Å². The number of hydrazine groups is 1. The van der Waals surface area contributed by atoms with Gasteiger partial charge >= 0.3 is 0 Å². The van der Waals surface area contributed by atoms with Crippen molar-refractivity contribution < 1.29 is 0 Å². The van der Waals surface area contributed by atoms with Crippen molar-refractivity contribution in [2.45, 2.75) is 65.2 Å². The van der Waals surface area contributed by atoms with Crippen LogP contribution in [0.25, 0.3) is 11.0 Å². The minimum absolute atomic E-state index is 0.627. The Morgan fingerprint density at radius 3 is 2.62 bits per heavy atom. The van der Waals surface area contributed by atoms with Gasteiger partial charge in [0.1, 0.15) is 5.82 Å². The third-order valence-electron chi connectivity index (χ3n) is 6.38. The highest BCUT2D eigenvalue weighted by molar-refractivity contribution is 5.75. The lowest BCUT2D eigenvalue weighted by molar-refractivity contribution is 0.151. The van der Waals surface area contributed by atoms with Gasteiger partial charge in [0.25, 0.3) is 0 Å². The van der Waals surface area contributed by atoms with Gasteiger partial charge in [-0.1, -0.05) is 26.0 Å². The van der Waals surface area contributed by atoms with Crippen LogP contribution in [0.4, 0.5) is 0 Å². The van der Waals surface area contributed by atoms with Gasteiger partial charge < -0.3 is 4.57 Å². The molecule has 4 rings (SSSR count). The molecule has 2 N–H and O–H groups in total. The topological polar surface area (TPSA) is 45.1 Å². The maximum Gasteiger partial charge on any atom is 0.124 e. The van der Waals surface area contributed by atoms with Gasteiger partial charge in [0.05, 0.1) is 17.6 Å². The summed E-state index contributed by atoms with van der Waals surface area (Å²) in [5.41, 5.74) is 9.47. The number of hydrogen-bond donors (Lipinski definition) is 2. The van der Waals surface area contributed by atoms with Gasteiger partial charge in [-0.2, -0.15) is 0 Å². The molecule has 5 heteroatoms. The Morgan fingerprint density at radius 2 is 1.92 bits per heavy atom. The number of likely N-dealkylation sites (tertiary alicyclic amines) is 1. The van der Waals surface area contributed by atoms with Crippen LogP contribution in [0.5, 0.6) is 0 Å². The lowest BCUT2D eigenvalue weighted by atomic mass is 9.86. The fourth-order valence-corrected chi connectivity index (χ4v) is 4.67. The van der Waals surface area contributed by atoms with E-state index in [1.54, 1.807) is 0 Å². The average molecular weight is 356 g/mol. The highest BCUT2D eigenvalue weighted by atomic mass is 15.4. The molecule has 0 spiro atoms. The number of benzene rings is 1. The van der Waals surface area contributed by atoms with E-state index in [1.807, 2.05) is 0 Å². The zero-order valence-electron chi connectivity index (χ0n) is 16.4. The Bertz CT molecular complexity index is 729. The lowest BCUT2D eigenvalue weighted by Crippen LogP contribution is -2.43. The maximum atomic E-state index is 4.90. The number of hydrogen-bond acceptors (Lipinski definition) is 4. The number of piperidine rings is 1. The Balaban J connectivity index is 1.36. The molecule has 142 valence electrons. The first-order valence-corrected chi connectivity index (χ1v) is 10.3. The van der Waals surface area contributed by atoms with Crippen LogP contribution in [0.15, 0.2) is 24.3 Å². The van der Waals surface area contributed by atoms with Crippen molar-refractivity contribution in [3.63, 3.8) is 0 Å². The van der Waals surface area contributed by atoms with E-state index in [4.69, 9.17) is 4.98 Å². The molecule has 2 aromatic rings. The summed E-state index contributed by atoms with van der Waals surface area (Å²) in [6.07, 6.45) is 3.85. The molecule has 2 atom stereocenters. The summed E-state index contributed by atoms with van der Waals surface area (Å²) in [5.74, 6) is 2.72. The number of nitrogens with one attached hydrogen (secondary N) is 2. The van der Waals surface area contributed by atoms with E-state index in [9.17, 15) is 0 Å². The number of aryl methyl sites for hydroxylation is 1. The third-order valence-corrected chi connectivity index (χ3v) is 6.38. The number of para-hydroxylation sites is 2. The molecule has 2 unspecified atom stereocenters. The molecule has 0 saturated carbocycles. The summed E-state index contributed by atoms with van der Waals surface area (Å²) < 4.78 is 2.37. The lowest BCUT2D eigenvalue weighted by Gasteiger charge is -2.34. The van der Waals surface area contributed by atoms with E-state index < -0.39 is 0 Å². The molecule has 0 amide bonds. The zero-order valence-corrected chi connectivity index (χ0v) is 16.4. The van der Waals surface area contributed by atoms with E-state index in [0.717, 1.165) is 24.5 Å². The Morgan fingerprint density at radius 1 is 1.15 bits per heavy atom. The summed E-state index contributed by atoms with van der Waals surface area (Å²) in [5, 5.41) is 0. The number of rotatable bonds is 5. The SMILES string of the molecule is CCn1c(CN2CCC(C3CC(C(C)C)NN3)CC2)nc2ccccc21. The van der Waals surface area contributed by atoms with E-state index in [1.165, 1.54) is 43.7 Å². The molecule has 2 fully saturated rings. The van der Waals surface area contributed by atoms with Crippen molar-refractivity contribution in [3.05, 3.63) is 30.1 Å². The highest BCUT2D eigenvalue weighted by Crippen LogP contribution is 2.28. The van der Waals surface area contributed by atoms with Gasteiger partial charge in [0.2, 0.25) is 0 Å². The molecule has 2 aliphatic heterocycles. The summed E-state index contributed by atoms with van der Waals surface area (Å²) in [6, 6.07) is 9.77. The summed E-state index contributed by atoms with van der Waals surface area (Å²) in [6.45, 7) is 11.2. The van der Waals surface area contributed by atoms with Crippen LogP contribution in [0.2, 0.25) is 0 Å². The van der Waals surface area contributed by atoms with Crippen LogP contribution < -0.4 is 10.9 Å². The van der Waals surface area contributed by atoms with Crippen molar-refractivity contribution in [2.24, 2.45) is 11.8 Å². The summed E-state index contributed by atoms with van der Waals surface area (Å²) >= 11 is 0. The van der Waals surface area contributed by atoms with Crippen LogP contribution in [-0.4, -0.2) is 39.6 Å². The van der Waals surface area contributed by atoms with Gasteiger partial charge in [-0.3, -0.25) is 15.8 Å². The molecule has 0 radical (unpaired) electrons. The number of nitrogens with zero attached hydrogens (tertiary/aromatic N) is 3. The Hall–Kier alpha value is -1.43. The predicted molar refractivity (Wildman–Crippen MR) is 107 cm³/mol. The van der Waals surface area contributed by atoms with Crippen LogP contribution in [0, 0.1) is 11.8 Å². The smallest absolute Gasteiger partial charge is 0.124 e. The molecule has 2 saturated heterocycles. The van der Waals surface area contributed by atoms with Gasteiger partial charge in [0, 0.05) is 18.6 Å². The van der Waals surface area contributed by atoms with Crippen LogP contribution in [0.3, 0.4) is 0 Å². The first kappa shape index (κ1) is 18.0. The quantitative estimate of drug-likeness (QED) is 0.865. The van der Waals surface area contributed by atoms with E-state index >= 15 is 0 Å². The van der Waals surface area contributed by atoms with Gasteiger partial charge in [-0.05, 0) is 63.2 Å². The van der Waals surface area contributed by atoms with Crippen molar-refractivity contribution in [3.8, 4) is 0 Å². The Labute approximate surface area is 157 Å². The van der Waals surface area contributed by atoms with Crippen molar-refractivity contribution in [2.75, 3.05) is 13.1 Å².